The molecular formula is C37H56O3. The van der Waals surface area contributed by atoms with Crippen molar-refractivity contribution in [2.45, 2.75) is 124 Å². The van der Waals surface area contributed by atoms with Crippen molar-refractivity contribution in [3.63, 3.8) is 0 Å². The zero-order valence-corrected chi connectivity index (χ0v) is 26.4. The Morgan fingerprint density at radius 3 is 2.38 bits per heavy atom. The smallest absolute Gasteiger partial charge is 0.338 e. The summed E-state index contributed by atoms with van der Waals surface area (Å²) >= 11 is 0. The summed E-state index contributed by atoms with van der Waals surface area (Å²) in [5.74, 6) is 1.18. The number of hydrogen-bond acceptors (Lipinski definition) is 3. The molecule has 1 aromatic carbocycles. The van der Waals surface area contributed by atoms with Gasteiger partial charge in [-0.3, -0.25) is 0 Å². The van der Waals surface area contributed by atoms with Gasteiger partial charge in [0.2, 0.25) is 0 Å². The first-order valence-electron chi connectivity index (χ1n) is 16.1. The minimum absolute atomic E-state index is 0.168. The number of hydrogen-bond donors (Lipinski definition) is 1. The maximum atomic E-state index is 12.8. The van der Waals surface area contributed by atoms with Crippen molar-refractivity contribution < 1.29 is 14.6 Å². The summed E-state index contributed by atoms with van der Waals surface area (Å²) in [6.45, 7) is 19.0. The monoisotopic (exact) mass is 548 g/mol. The molecule has 5 unspecified atom stereocenters. The highest BCUT2D eigenvalue weighted by molar-refractivity contribution is 5.89. The lowest BCUT2D eigenvalue weighted by atomic mass is 9.45. The van der Waals surface area contributed by atoms with Gasteiger partial charge in [0.25, 0.3) is 0 Å². The molecule has 222 valence electrons. The van der Waals surface area contributed by atoms with Crippen LogP contribution in [0.25, 0.3) is 0 Å². The third kappa shape index (κ3) is 6.77. The van der Waals surface area contributed by atoms with Gasteiger partial charge in [-0.2, -0.15) is 0 Å². The molecule has 0 aromatic heterocycles. The number of aliphatic hydroxyl groups is 1. The number of allylic oxidation sites excluding steroid dienone is 2. The zero-order valence-electron chi connectivity index (χ0n) is 26.4. The first-order chi connectivity index (χ1) is 18.8. The van der Waals surface area contributed by atoms with Crippen LogP contribution in [0, 0.1) is 34.0 Å². The lowest BCUT2D eigenvalue weighted by Crippen LogP contribution is -2.57. The second-order valence-corrected chi connectivity index (χ2v) is 15.3. The molecule has 0 amide bonds. The fourth-order valence-electron chi connectivity index (χ4n) is 9.37. The minimum Gasteiger partial charge on any atom is -0.458 e. The summed E-state index contributed by atoms with van der Waals surface area (Å²) in [5, 5.41) is 11.6. The Kier molecular flexibility index (Phi) is 9.45. The molecule has 0 radical (unpaired) electrons. The van der Waals surface area contributed by atoms with Crippen LogP contribution in [0.1, 0.15) is 129 Å². The van der Waals surface area contributed by atoms with Crippen LogP contribution in [0.5, 0.6) is 0 Å². The van der Waals surface area contributed by atoms with E-state index in [2.05, 4.69) is 54.2 Å². The first kappa shape index (κ1) is 31.1. The van der Waals surface area contributed by atoms with Gasteiger partial charge in [-0.25, -0.2) is 4.79 Å². The third-order valence-corrected chi connectivity index (χ3v) is 11.6. The highest BCUT2D eigenvalue weighted by atomic mass is 16.5. The third-order valence-electron chi connectivity index (χ3n) is 11.6. The number of benzene rings is 1. The SMILES string of the molecule is C=C1CCCC(C)(C)C1CCC(=CCCC1C(C)(O)CCC2C(C)(C)CCCC21C)COC(=O)c1ccccc1. The fraction of sp³-hybridized carbons (Fsp3) is 0.703. The second-order valence-electron chi connectivity index (χ2n) is 15.3. The predicted molar refractivity (Wildman–Crippen MR) is 166 cm³/mol. The topological polar surface area (TPSA) is 46.5 Å². The molecule has 0 bridgehead atoms. The molecule has 40 heavy (non-hydrogen) atoms. The molecule has 0 aliphatic heterocycles. The number of carbonyl (C=O) groups is 1. The molecule has 1 aromatic rings. The Morgan fingerprint density at radius 2 is 1.68 bits per heavy atom. The Hall–Kier alpha value is -1.87. The Balaban J connectivity index is 1.49. The summed E-state index contributed by atoms with van der Waals surface area (Å²) in [4.78, 5) is 12.8. The van der Waals surface area contributed by atoms with E-state index < -0.39 is 5.60 Å². The Bertz CT molecular complexity index is 1060. The maximum absolute atomic E-state index is 12.8. The molecule has 3 saturated carbocycles. The Labute approximate surface area is 244 Å². The number of ether oxygens (including phenoxy) is 1. The van der Waals surface area contributed by atoms with Crippen LogP contribution in [0.3, 0.4) is 0 Å². The van der Waals surface area contributed by atoms with Crippen molar-refractivity contribution in [1.82, 2.24) is 0 Å². The largest absolute Gasteiger partial charge is 0.458 e. The molecule has 3 nitrogen and oxygen atoms in total. The van der Waals surface area contributed by atoms with E-state index in [0.29, 0.717) is 29.4 Å². The molecule has 1 N–H and O–H groups in total. The van der Waals surface area contributed by atoms with Crippen molar-refractivity contribution in [1.29, 1.82) is 0 Å². The van der Waals surface area contributed by atoms with E-state index in [4.69, 9.17) is 4.74 Å². The van der Waals surface area contributed by atoms with Gasteiger partial charge < -0.3 is 9.84 Å². The van der Waals surface area contributed by atoms with Crippen molar-refractivity contribution >= 4 is 5.97 Å². The van der Waals surface area contributed by atoms with E-state index in [9.17, 15) is 9.90 Å². The number of carbonyl (C=O) groups excluding carboxylic acids is 1. The quantitative estimate of drug-likeness (QED) is 0.247. The lowest BCUT2D eigenvalue weighted by molar-refractivity contribution is -0.168. The average molecular weight is 549 g/mol. The second kappa shape index (κ2) is 12.2. The highest BCUT2D eigenvalue weighted by Gasteiger charge is 2.57. The van der Waals surface area contributed by atoms with Crippen molar-refractivity contribution in [3.05, 3.63) is 59.7 Å². The molecular weight excluding hydrogens is 492 g/mol. The fourth-order valence-corrected chi connectivity index (χ4v) is 9.37. The molecule has 0 spiro atoms. The summed E-state index contributed by atoms with van der Waals surface area (Å²) in [7, 11) is 0. The van der Waals surface area contributed by atoms with Crippen LogP contribution in [-0.4, -0.2) is 23.3 Å². The van der Waals surface area contributed by atoms with Gasteiger partial charge in [-0.15, -0.1) is 0 Å². The molecule has 5 atom stereocenters. The molecule has 4 rings (SSSR count). The summed E-state index contributed by atoms with van der Waals surface area (Å²) in [5.41, 5.74) is 3.33. The first-order valence-corrected chi connectivity index (χ1v) is 16.1. The number of esters is 1. The van der Waals surface area contributed by atoms with Crippen LogP contribution in [0.15, 0.2) is 54.1 Å². The molecule has 0 heterocycles. The molecule has 0 saturated heterocycles. The van der Waals surface area contributed by atoms with Crippen LogP contribution >= 0.6 is 0 Å². The number of fused-ring (bicyclic) bond motifs is 1. The summed E-state index contributed by atoms with van der Waals surface area (Å²) in [6.07, 6.45) is 15.6. The van der Waals surface area contributed by atoms with E-state index in [1.807, 2.05) is 30.3 Å². The van der Waals surface area contributed by atoms with E-state index in [1.54, 1.807) is 0 Å². The molecule has 3 aliphatic rings. The van der Waals surface area contributed by atoms with Crippen LogP contribution in [0.2, 0.25) is 0 Å². The molecule has 3 aliphatic carbocycles. The molecule has 3 fully saturated rings. The summed E-state index contributed by atoms with van der Waals surface area (Å²) < 4.78 is 5.85. The highest BCUT2D eigenvalue weighted by Crippen LogP contribution is 2.63. The average Bonchev–Trinajstić information content (AvgIpc) is 2.87. The van der Waals surface area contributed by atoms with Gasteiger partial charge in [0, 0.05) is 0 Å². The van der Waals surface area contributed by atoms with Crippen LogP contribution < -0.4 is 0 Å². The Morgan fingerprint density at radius 1 is 0.975 bits per heavy atom. The predicted octanol–water partition coefficient (Wildman–Crippen LogP) is 9.71. The van der Waals surface area contributed by atoms with Gasteiger partial charge in [-0.05, 0) is 129 Å². The van der Waals surface area contributed by atoms with Gasteiger partial charge in [0.05, 0.1) is 11.2 Å². The maximum Gasteiger partial charge on any atom is 0.338 e. The van der Waals surface area contributed by atoms with Crippen LogP contribution in [0.4, 0.5) is 0 Å². The minimum atomic E-state index is -0.629. The lowest BCUT2D eigenvalue weighted by Gasteiger charge is -2.61. The van der Waals surface area contributed by atoms with E-state index in [-0.39, 0.29) is 22.7 Å². The van der Waals surface area contributed by atoms with Crippen molar-refractivity contribution in [2.75, 3.05) is 6.61 Å². The van der Waals surface area contributed by atoms with Crippen molar-refractivity contribution in [3.8, 4) is 0 Å². The standard InChI is InChI=1S/C37H56O3/c1-27-14-12-22-34(2,3)30(27)20-19-28(26-40-33(38)29-16-9-8-10-17-29)15-11-18-32-36(6)24-13-23-35(4,5)31(36)21-25-37(32,7)39/h8-10,15-17,30-32,39H,1,11-14,18-26H2,2-7H3. The van der Waals surface area contributed by atoms with Crippen molar-refractivity contribution in [2.24, 2.45) is 34.0 Å². The van der Waals surface area contributed by atoms with Gasteiger partial charge >= 0.3 is 5.97 Å². The van der Waals surface area contributed by atoms with E-state index in [1.165, 1.54) is 43.3 Å². The van der Waals surface area contributed by atoms with Gasteiger partial charge in [0.1, 0.15) is 6.61 Å². The normalized spacial score (nSPS) is 33.7. The van der Waals surface area contributed by atoms with E-state index in [0.717, 1.165) is 44.9 Å². The summed E-state index contributed by atoms with van der Waals surface area (Å²) in [6, 6.07) is 9.29. The van der Waals surface area contributed by atoms with Crippen LogP contribution in [-0.2, 0) is 4.74 Å². The van der Waals surface area contributed by atoms with Gasteiger partial charge in [0.15, 0.2) is 0 Å². The number of rotatable bonds is 9. The zero-order chi connectivity index (χ0) is 29.2. The molecule has 3 heteroatoms. The van der Waals surface area contributed by atoms with Gasteiger partial charge in [-0.1, -0.05) is 77.5 Å². The van der Waals surface area contributed by atoms with E-state index >= 15 is 0 Å².